The lowest BCUT2D eigenvalue weighted by molar-refractivity contribution is 1.22. The number of nitrogens with two attached hydrogens (primary N) is 1. The van der Waals surface area contributed by atoms with E-state index in [9.17, 15) is 0 Å². The maximum absolute atomic E-state index is 5.56. The zero-order chi connectivity index (χ0) is 9.97. The van der Waals surface area contributed by atoms with Gasteiger partial charge in [-0.05, 0) is 17.7 Å². The van der Waals surface area contributed by atoms with E-state index in [1.165, 1.54) is 10.4 Å². The Bertz CT molecular complexity index is 425. The Morgan fingerprint density at radius 3 is 2.47 bits per heavy atom. The molecule has 0 unspecified atom stereocenters. The molecule has 1 aromatic carbocycles. The van der Waals surface area contributed by atoms with Crippen LogP contribution in [0.25, 0.3) is 0 Å². The number of aromatic nitrogens is 1. The second-order valence-electron chi connectivity index (χ2n) is 2.97. The quantitative estimate of drug-likeness (QED) is 0.898. The van der Waals surface area contributed by atoms with Gasteiger partial charge in [0.2, 0.25) is 0 Å². The number of hydrogen-bond donors (Lipinski definition) is 1. The summed E-state index contributed by atoms with van der Waals surface area (Å²) >= 11 is 4.95. The van der Waals surface area contributed by atoms with Gasteiger partial charge in [0.1, 0.15) is 0 Å². The summed E-state index contributed by atoms with van der Waals surface area (Å²) in [6.07, 6.45) is 2.74. The molecule has 1 heterocycles. The average molecular weight is 350 g/mol. The summed E-state index contributed by atoms with van der Waals surface area (Å²) in [6.45, 7) is 0. The van der Waals surface area contributed by atoms with E-state index in [1.807, 2.05) is 18.3 Å². The fourth-order valence-electron chi connectivity index (χ4n) is 1.21. The maximum atomic E-state index is 5.56. The van der Waals surface area contributed by atoms with Crippen LogP contribution in [0.3, 0.4) is 0 Å². The summed E-state index contributed by atoms with van der Waals surface area (Å²) in [4.78, 5) is 5.22. The van der Waals surface area contributed by atoms with Gasteiger partial charge in [0.15, 0.2) is 5.13 Å². The molecule has 0 fully saturated rings. The van der Waals surface area contributed by atoms with Gasteiger partial charge in [-0.25, -0.2) is 4.98 Å². The lowest BCUT2D eigenvalue weighted by Gasteiger charge is -1.97. The lowest BCUT2D eigenvalue weighted by atomic mass is 10.1. The topological polar surface area (TPSA) is 38.9 Å². The molecule has 80 valence electrons. The Kier molecular flexibility index (Phi) is 4.76. The number of rotatable bonds is 2. The molecular formula is C10H10Br2N2S. The van der Waals surface area contributed by atoms with E-state index in [2.05, 4.69) is 33.0 Å². The van der Waals surface area contributed by atoms with Gasteiger partial charge in [-0.2, -0.15) is 0 Å². The third-order valence-electron chi connectivity index (χ3n) is 1.86. The van der Waals surface area contributed by atoms with E-state index in [0.29, 0.717) is 5.13 Å². The molecule has 0 spiro atoms. The predicted octanol–water partition coefficient (Wildman–Crippen LogP) is 3.66. The Labute approximate surface area is 111 Å². The molecule has 0 aliphatic carbocycles. The number of anilines is 1. The van der Waals surface area contributed by atoms with Crippen molar-refractivity contribution in [2.75, 3.05) is 5.73 Å². The molecule has 15 heavy (non-hydrogen) atoms. The van der Waals surface area contributed by atoms with Gasteiger partial charge in [0.25, 0.3) is 0 Å². The minimum Gasteiger partial charge on any atom is -0.375 e. The molecular weight excluding hydrogens is 340 g/mol. The van der Waals surface area contributed by atoms with Gasteiger partial charge in [-0.15, -0.1) is 28.3 Å². The number of thiazole rings is 1. The van der Waals surface area contributed by atoms with Gasteiger partial charge in [-0.1, -0.05) is 28.1 Å². The van der Waals surface area contributed by atoms with E-state index >= 15 is 0 Å². The van der Waals surface area contributed by atoms with Crippen LogP contribution in [0.4, 0.5) is 5.13 Å². The van der Waals surface area contributed by atoms with Crippen molar-refractivity contribution < 1.29 is 0 Å². The minimum atomic E-state index is 0. The first-order valence-corrected chi connectivity index (χ1v) is 5.79. The van der Waals surface area contributed by atoms with Crippen molar-refractivity contribution in [2.24, 2.45) is 0 Å². The first-order valence-electron chi connectivity index (χ1n) is 4.18. The summed E-state index contributed by atoms with van der Waals surface area (Å²) < 4.78 is 1.10. The maximum Gasteiger partial charge on any atom is 0.180 e. The highest BCUT2D eigenvalue weighted by atomic mass is 79.9. The zero-order valence-corrected chi connectivity index (χ0v) is 11.9. The first-order chi connectivity index (χ1) is 6.74. The van der Waals surface area contributed by atoms with Crippen LogP contribution in [0.5, 0.6) is 0 Å². The van der Waals surface area contributed by atoms with Gasteiger partial charge in [0.05, 0.1) is 0 Å². The highest BCUT2D eigenvalue weighted by Crippen LogP contribution is 2.19. The minimum absolute atomic E-state index is 0. The summed E-state index contributed by atoms with van der Waals surface area (Å²) in [5.41, 5.74) is 6.83. The van der Waals surface area contributed by atoms with Gasteiger partial charge in [0, 0.05) is 22.0 Å². The monoisotopic (exact) mass is 348 g/mol. The molecule has 0 saturated carbocycles. The van der Waals surface area contributed by atoms with Crippen LogP contribution < -0.4 is 5.73 Å². The fourth-order valence-corrected chi connectivity index (χ4v) is 2.19. The SMILES string of the molecule is Br.Nc1ncc(Cc2ccc(Br)cc2)s1. The smallest absolute Gasteiger partial charge is 0.180 e. The van der Waals surface area contributed by atoms with Crippen LogP contribution in [0.1, 0.15) is 10.4 Å². The number of halogens is 2. The molecule has 0 bridgehead atoms. The summed E-state index contributed by atoms with van der Waals surface area (Å²) in [5.74, 6) is 0. The summed E-state index contributed by atoms with van der Waals surface area (Å²) in [5, 5.41) is 0.636. The molecule has 2 aromatic rings. The number of hydrogen-bond acceptors (Lipinski definition) is 3. The van der Waals surface area contributed by atoms with Crippen LogP contribution in [0, 0.1) is 0 Å². The van der Waals surface area contributed by atoms with Crippen molar-refractivity contribution >= 4 is 49.4 Å². The van der Waals surface area contributed by atoms with Crippen LogP contribution in [0.15, 0.2) is 34.9 Å². The largest absolute Gasteiger partial charge is 0.375 e. The zero-order valence-electron chi connectivity index (χ0n) is 7.81. The third-order valence-corrected chi connectivity index (χ3v) is 3.22. The van der Waals surface area contributed by atoms with E-state index < -0.39 is 0 Å². The highest BCUT2D eigenvalue weighted by molar-refractivity contribution is 9.10. The van der Waals surface area contributed by atoms with Crippen LogP contribution in [0.2, 0.25) is 0 Å². The molecule has 2 N–H and O–H groups in total. The van der Waals surface area contributed by atoms with Crippen LogP contribution in [-0.4, -0.2) is 4.98 Å². The highest BCUT2D eigenvalue weighted by Gasteiger charge is 2.00. The summed E-state index contributed by atoms with van der Waals surface area (Å²) in [7, 11) is 0. The Balaban J connectivity index is 0.00000112. The van der Waals surface area contributed by atoms with E-state index in [-0.39, 0.29) is 17.0 Å². The van der Waals surface area contributed by atoms with Crippen molar-refractivity contribution in [1.82, 2.24) is 4.98 Å². The normalized spacial score (nSPS) is 9.67. The second-order valence-corrected chi connectivity index (χ2v) is 5.03. The van der Waals surface area contributed by atoms with Gasteiger partial charge >= 0.3 is 0 Å². The molecule has 0 atom stereocenters. The van der Waals surface area contributed by atoms with Crippen molar-refractivity contribution in [1.29, 1.82) is 0 Å². The molecule has 0 aliphatic heterocycles. The average Bonchev–Trinajstić information content (AvgIpc) is 2.56. The first kappa shape index (κ1) is 12.7. The Morgan fingerprint density at radius 1 is 1.27 bits per heavy atom. The van der Waals surface area contributed by atoms with E-state index in [0.717, 1.165) is 10.9 Å². The molecule has 2 rings (SSSR count). The van der Waals surface area contributed by atoms with E-state index in [4.69, 9.17) is 5.73 Å². The Morgan fingerprint density at radius 2 is 1.93 bits per heavy atom. The van der Waals surface area contributed by atoms with Crippen LogP contribution in [-0.2, 0) is 6.42 Å². The molecule has 0 radical (unpaired) electrons. The lowest BCUT2D eigenvalue weighted by Crippen LogP contribution is -1.83. The molecule has 5 heteroatoms. The van der Waals surface area contributed by atoms with Crippen molar-refractivity contribution in [3.05, 3.63) is 45.4 Å². The van der Waals surface area contributed by atoms with Gasteiger partial charge < -0.3 is 5.73 Å². The second kappa shape index (κ2) is 5.63. The van der Waals surface area contributed by atoms with Crippen LogP contribution >= 0.6 is 44.2 Å². The summed E-state index contributed by atoms with van der Waals surface area (Å²) in [6, 6.07) is 8.28. The van der Waals surface area contributed by atoms with E-state index in [1.54, 1.807) is 11.3 Å². The molecule has 0 aliphatic rings. The number of nitrogen functional groups attached to an aromatic ring is 1. The molecule has 0 amide bonds. The Hall–Kier alpha value is -0.390. The number of benzene rings is 1. The third kappa shape index (κ3) is 3.59. The number of nitrogens with zero attached hydrogens (tertiary/aromatic N) is 1. The van der Waals surface area contributed by atoms with Crippen molar-refractivity contribution in [3.63, 3.8) is 0 Å². The van der Waals surface area contributed by atoms with Crippen molar-refractivity contribution in [2.45, 2.75) is 6.42 Å². The standard InChI is InChI=1S/C10H9BrN2S.BrH/c11-8-3-1-7(2-4-8)5-9-6-13-10(12)14-9;/h1-4,6H,5H2,(H2,12,13);1H. The molecule has 1 aromatic heterocycles. The molecule has 0 saturated heterocycles. The van der Waals surface area contributed by atoms with Gasteiger partial charge in [-0.3, -0.25) is 0 Å². The molecule has 2 nitrogen and oxygen atoms in total. The van der Waals surface area contributed by atoms with Crippen molar-refractivity contribution in [3.8, 4) is 0 Å². The fraction of sp³-hybridized carbons (Fsp3) is 0.100. The predicted molar refractivity (Wildman–Crippen MR) is 73.8 cm³/mol.